The zero-order chi connectivity index (χ0) is 20.5. The number of nitrogens with zero attached hydrogens (tertiary/aromatic N) is 3. The molecule has 0 amide bonds. The minimum Gasteiger partial charge on any atom is -0.454 e. The van der Waals surface area contributed by atoms with E-state index in [1.807, 2.05) is 0 Å². The van der Waals surface area contributed by atoms with E-state index in [4.69, 9.17) is 22.1 Å². The molecule has 0 saturated carbocycles. The van der Waals surface area contributed by atoms with E-state index >= 15 is 0 Å². The van der Waals surface area contributed by atoms with Crippen LogP contribution in [0.3, 0.4) is 0 Å². The molecule has 0 radical (unpaired) electrons. The zero-order valence-corrected chi connectivity index (χ0v) is 14.8. The van der Waals surface area contributed by atoms with Crippen LogP contribution in [0.4, 0.5) is 11.5 Å². The van der Waals surface area contributed by atoms with E-state index in [9.17, 15) is 29.3 Å². The number of hydrogen-bond acceptors (Lipinski definition) is 8. The highest BCUT2D eigenvalue weighted by Crippen LogP contribution is 2.23. The van der Waals surface area contributed by atoms with Gasteiger partial charge in [0.1, 0.15) is 11.4 Å². The number of carbonyl (C=O) groups excluding carboxylic acids is 2. The first-order valence-electron chi connectivity index (χ1n) is 7.26. The van der Waals surface area contributed by atoms with Crippen molar-refractivity contribution in [2.75, 3.05) is 12.3 Å². The predicted octanol–water partition coefficient (Wildman–Crippen LogP) is 0.267. The molecule has 0 saturated heterocycles. The minimum atomic E-state index is -1.02. The standard InChI is InChI=1S/C15H13ClN4O7/c1-18-12(17)11(13(22)19(2)15(18)24)10(21)6-27-14(23)8-4-3-7(20(25)26)5-9(8)16/h3-5H,6,17H2,1-2H3. The molecule has 1 aromatic carbocycles. The van der Waals surface area contributed by atoms with Gasteiger partial charge in [-0.15, -0.1) is 0 Å². The van der Waals surface area contributed by atoms with Crippen molar-refractivity contribution in [3.05, 3.63) is 65.3 Å². The topological polar surface area (TPSA) is 157 Å². The van der Waals surface area contributed by atoms with E-state index < -0.39 is 40.1 Å². The van der Waals surface area contributed by atoms with E-state index in [2.05, 4.69) is 0 Å². The predicted molar refractivity (Wildman–Crippen MR) is 94.1 cm³/mol. The summed E-state index contributed by atoms with van der Waals surface area (Å²) in [6, 6.07) is 3.08. The van der Waals surface area contributed by atoms with Gasteiger partial charge in [-0.05, 0) is 6.07 Å². The first kappa shape index (κ1) is 19.8. The molecule has 0 unspecified atom stereocenters. The van der Waals surface area contributed by atoms with E-state index in [0.29, 0.717) is 4.57 Å². The van der Waals surface area contributed by atoms with Crippen LogP contribution in [0.15, 0.2) is 27.8 Å². The number of anilines is 1. The number of hydrogen-bond donors (Lipinski definition) is 1. The number of nitro benzene ring substituents is 1. The molecule has 0 atom stereocenters. The summed E-state index contributed by atoms with van der Waals surface area (Å²) in [5, 5.41) is 10.4. The summed E-state index contributed by atoms with van der Waals surface area (Å²) in [6.45, 7) is -0.843. The average Bonchev–Trinajstić information content (AvgIpc) is 2.62. The summed E-state index contributed by atoms with van der Waals surface area (Å²) in [5.41, 5.74) is 2.98. The van der Waals surface area contributed by atoms with Gasteiger partial charge >= 0.3 is 11.7 Å². The fourth-order valence-electron chi connectivity index (χ4n) is 2.19. The number of carbonyl (C=O) groups is 2. The summed E-state index contributed by atoms with van der Waals surface area (Å²) >= 11 is 5.81. The summed E-state index contributed by atoms with van der Waals surface area (Å²) in [6.07, 6.45) is 0. The Hall–Kier alpha value is -3.47. The zero-order valence-electron chi connectivity index (χ0n) is 14.1. The fraction of sp³-hybridized carbons (Fsp3) is 0.200. The number of nitro groups is 1. The minimum absolute atomic E-state index is 0.198. The van der Waals surface area contributed by atoms with Crippen LogP contribution in [0, 0.1) is 10.1 Å². The molecule has 1 heterocycles. The van der Waals surface area contributed by atoms with Crippen molar-refractivity contribution >= 4 is 34.9 Å². The molecule has 2 aromatic rings. The number of esters is 1. The number of nitrogens with two attached hydrogens (primary N) is 1. The highest BCUT2D eigenvalue weighted by molar-refractivity contribution is 6.33. The van der Waals surface area contributed by atoms with Crippen LogP contribution < -0.4 is 17.0 Å². The molecule has 2 N–H and O–H groups in total. The Bertz CT molecular complexity index is 1090. The molecule has 2 rings (SSSR count). The van der Waals surface area contributed by atoms with Gasteiger partial charge in [0, 0.05) is 26.2 Å². The molecule has 0 bridgehead atoms. The second-order valence-electron chi connectivity index (χ2n) is 5.39. The Balaban J connectivity index is 2.24. The van der Waals surface area contributed by atoms with Crippen LogP contribution in [0.5, 0.6) is 0 Å². The molecule has 1 aromatic heterocycles. The maximum Gasteiger partial charge on any atom is 0.340 e. The van der Waals surface area contributed by atoms with Gasteiger partial charge in [0.05, 0.1) is 15.5 Å². The van der Waals surface area contributed by atoms with Crippen molar-refractivity contribution in [3.8, 4) is 0 Å². The third kappa shape index (κ3) is 3.72. The largest absolute Gasteiger partial charge is 0.454 e. The van der Waals surface area contributed by atoms with Gasteiger partial charge < -0.3 is 10.5 Å². The van der Waals surface area contributed by atoms with Crippen molar-refractivity contribution in [2.24, 2.45) is 14.1 Å². The van der Waals surface area contributed by atoms with Crippen molar-refractivity contribution in [1.82, 2.24) is 9.13 Å². The quantitative estimate of drug-likeness (QED) is 0.326. The van der Waals surface area contributed by atoms with Crippen molar-refractivity contribution in [2.45, 2.75) is 0 Å². The number of Topliss-reactive ketones (excluding diaryl/α,β-unsaturated/α-hetero) is 1. The molecule has 0 spiro atoms. The number of nitrogen functional groups attached to an aromatic ring is 1. The van der Waals surface area contributed by atoms with Crippen LogP contribution in [-0.4, -0.2) is 32.4 Å². The molecule has 0 fully saturated rings. The second kappa shape index (κ2) is 7.41. The highest BCUT2D eigenvalue weighted by atomic mass is 35.5. The Morgan fingerprint density at radius 1 is 1.26 bits per heavy atom. The van der Waals surface area contributed by atoms with Crippen LogP contribution >= 0.6 is 11.6 Å². The number of halogens is 1. The maximum absolute atomic E-state index is 12.3. The average molecular weight is 397 g/mol. The van der Waals surface area contributed by atoms with Gasteiger partial charge in [0.15, 0.2) is 6.61 Å². The molecule has 0 aliphatic carbocycles. The number of ether oxygens (including phenoxy) is 1. The monoisotopic (exact) mass is 396 g/mol. The summed E-state index contributed by atoms with van der Waals surface area (Å²) in [7, 11) is 2.44. The molecule has 11 nitrogen and oxygen atoms in total. The lowest BCUT2D eigenvalue weighted by molar-refractivity contribution is -0.384. The van der Waals surface area contributed by atoms with E-state index in [1.54, 1.807) is 0 Å². The fourth-order valence-corrected chi connectivity index (χ4v) is 2.44. The molecule has 142 valence electrons. The second-order valence-corrected chi connectivity index (χ2v) is 5.79. The van der Waals surface area contributed by atoms with Crippen molar-refractivity contribution in [3.63, 3.8) is 0 Å². The number of non-ortho nitro benzene ring substituents is 1. The smallest absolute Gasteiger partial charge is 0.340 e. The summed E-state index contributed by atoms with van der Waals surface area (Å²) < 4.78 is 6.41. The summed E-state index contributed by atoms with van der Waals surface area (Å²) in [4.78, 5) is 58.1. The van der Waals surface area contributed by atoms with Gasteiger partial charge in [-0.2, -0.15) is 0 Å². The number of ketones is 1. The number of benzene rings is 1. The number of rotatable bonds is 5. The SMILES string of the molecule is Cn1c(N)c(C(=O)COC(=O)c2ccc([N+](=O)[O-])cc2Cl)c(=O)n(C)c1=O. The van der Waals surface area contributed by atoms with E-state index in [0.717, 1.165) is 22.8 Å². The Labute approximate surface area is 155 Å². The van der Waals surface area contributed by atoms with Crippen molar-refractivity contribution in [1.29, 1.82) is 0 Å². The third-order valence-electron chi connectivity index (χ3n) is 3.71. The lowest BCUT2D eigenvalue weighted by atomic mass is 10.2. The van der Waals surface area contributed by atoms with Crippen LogP contribution in [0.2, 0.25) is 5.02 Å². The van der Waals surface area contributed by atoms with Gasteiger partial charge in [0.25, 0.3) is 11.2 Å². The van der Waals surface area contributed by atoms with Crippen LogP contribution in [0.25, 0.3) is 0 Å². The lowest BCUT2D eigenvalue weighted by Crippen LogP contribution is -2.42. The van der Waals surface area contributed by atoms with E-state index in [-0.39, 0.29) is 22.1 Å². The van der Waals surface area contributed by atoms with E-state index in [1.165, 1.54) is 14.1 Å². The van der Waals surface area contributed by atoms with Gasteiger partial charge in [-0.3, -0.25) is 28.8 Å². The first-order chi connectivity index (χ1) is 12.6. The third-order valence-corrected chi connectivity index (χ3v) is 4.02. The maximum atomic E-state index is 12.3. The Morgan fingerprint density at radius 2 is 1.89 bits per heavy atom. The highest BCUT2D eigenvalue weighted by Gasteiger charge is 2.23. The molecule has 0 aliphatic rings. The normalized spacial score (nSPS) is 10.5. The molecule has 12 heteroatoms. The van der Waals surface area contributed by atoms with Gasteiger partial charge in [-0.25, -0.2) is 9.59 Å². The number of aromatic nitrogens is 2. The first-order valence-corrected chi connectivity index (χ1v) is 7.63. The molecule has 27 heavy (non-hydrogen) atoms. The van der Waals surface area contributed by atoms with Gasteiger partial charge in [0.2, 0.25) is 5.78 Å². The molecular formula is C15H13ClN4O7. The lowest BCUT2D eigenvalue weighted by Gasteiger charge is -2.11. The summed E-state index contributed by atoms with van der Waals surface area (Å²) in [5.74, 6) is -2.31. The molecule has 0 aliphatic heterocycles. The Morgan fingerprint density at radius 3 is 2.44 bits per heavy atom. The Kier molecular flexibility index (Phi) is 5.45. The van der Waals surface area contributed by atoms with Crippen LogP contribution in [-0.2, 0) is 18.8 Å². The van der Waals surface area contributed by atoms with Crippen molar-refractivity contribution < 1.29 is 19.2 Å². The van der Waals surface area contributed by atoms with Gasteiger partial charge in [-0.1, -0.05) is 11.6 Å². The molecular weight excluding hydrogens is 384 g/mol. The van der Waals surface area contributed by atoms with Crippen LogP contribution in [0.1, 0.15) is 20.7 Å².